The largest absolute Gasteiger partial charge is 0.319 e. The first kappa shape index (κ1) is 16.7. The topological polar surface area (TPSA) is 47.1 Å². The zero-order chi connectivity index (χ0) is 15.6. The van der Waals surface area contributed by atoms with Gasteiger partial charge in [0.2, 0.25) is 0 Å². The van der Waals surface area contributed by atoms with E-state index in [0.717, 1.165) is 24.3 Å². The number of benzene rings is 1. The van der Waals surface area contributed by atoms with Crippen molar-refractivity contribution in [2.75, 3.05) is 20.6 Å². The van der Waals surface area contributed by atoms with Gasteiger partial charge in [-0.25, -0.2) is 0 Å². The normalized spacial score (nSPS) is 12.9. The molecule has 0 saturated carbocycles. The Kier molecular flexibility index (Phi) is 5.65. The van der Waals surface area contributed by atoms with Gasteiger partial charge in [-0.15, -0.1) is 0 Å². The van der Waals surface area contributed by atoms with Crippen LogP contribution in [0.15, 0.2) is 24.4 Å². The summed E-state index contributed by atoms with van der Waals surface area (Å²) in [5, 5.41) is 4.99. The first-order valence-electron chi connectivity index (χ1n) is 6.78. The lowest BCUT2D eigenvalue weighted by Gasteiger charge is -2.19. The van der Waals surface area contributed by atoms with Crippen molar-refractivity contribution in [1.29, 1.82) is 0 Å². The molecule has 1 aromatic heterocycles. The minimum Gasteiger partial charge on any atom is -0.319 e. The SMILES string of the molecule is Cc1cccc(C(N)c2c(Cl)cnn2CCN(C)C)c1I. The number of rotatable bonds is 5. The first-order chi connectivity index (χ1) is 9.91. The Morgan fingerprint density at radius 1 is 1.43 bits per heavy atom. The van der Waals surface area contributed by atoms with Crippen LogP contribution in [0.4, 0.5) is 0 Å². The number of halogens is 2. The van der Waals surface area contributed by atoms with Crippen LogP contribution in [0.25, 0.3) is 0 Å². The van der Waals surface area contributed by atoms with Gasteiger partial charge in [0.1, 0.15) is 0 Å². The van der Waals surface area contributed by atoms with Gasteiger partial charge in [0, 0.05) is 10.1 Å². The van der Waals surface area contributed by atoms with Crippen molar-refractivity contribution in [2.45, 2.75) is 19.5 Å². The van der Waals surface area contributed by atoms with E-state index >= 15 is 0 Å². The van der Waals surface area contributed by atoms with Crippen LogP contribution in [-0.2, 0) is 6.54 Å². The quantitative estimate of drug-likeness (QED) is 0.759. The van der Waals surface area contributed by atoms with E-state index in [0.29, 0.717) is 5.02 Å². The van der Waals surface area contributed by atoms with Gasteiger partial charge in [0.15, 0.2) is 0 Å². The molecule has 0 aliphatic carbocycles. The van der Waals surface area contributed by atoms with Crippen LogP contribution in [-0.4, -0.2) is 35.3 Å². The number of likely N-dealkylation sites (N-methyl/N-ethyl adjacent to an activating group) is 1. The third kappa shape index (κ3) is 3.77. The summed E-state index contributed by atoms with van der Waals surface area (Å²) in [7, 11) is 4.07. The summed E-state index contributed by atoms with van der Waals surface area (Å²) in [6.45, 7) is 3.75. The Balaban J connectivity index is 2.36. The van der Waals surface area contributed by atoms with E-state index in [4.69, 9.17) is 17.3 Å². The van der Waals surface area contributed by atoms with Gasteiger partial charge >= 0.3 is 0 Å². The van der Waals surface area contributed by atoms with Gasteiger partial charge in [0.25, 0.3) is 0 Å². The molecule has 0 fully saturated rings. The van der Waals surface area contributed by atoms with Crippen LogP contribution in [0.1, 0.15) is 22.9 Å². The molecular formula is C15H20ClIN4. The van der Waals surface area contributed by atoms with Gasteiger partial charge < -0.3 is 10.6 Å². The highest BCUT2D eigenvalue weighted by Crippen LogP contribution is 2.30. The number of hydrogen-bond donors (Lipinski definition) is 1. The summed E-state index contributed by atoms with van der Waals surface area (Å²) in [4.78, 5) is 2.11. The fourth-order valence-corrected chi connectivity index (χ4v) is 3.17. The Hall–Kier alpha value is -0.630. The Bertz CT molecular complexity index is 624. The average molecular weight is 419 g/mol. The summed E-state index contributed by atoms with van der Waals surface area (Å²) in [5.74, 6) is 0. The highest BCUT2D eigenvalue weighted by atomic mass is 127. The van der Waals surface area contributed by atoms with Crippen molar-refractivity contribution in [2.24, 2.45) is 5.73 Å². The maximum absolute atomic E-state index is 6.47. The van der Waals surface area contributed by atoms with E-state index in [1.807, 2.05) is 24.8 Å². The Labute approximate surface area is 144 Å². The summed E-state index contributed by atoms with van der Waals surface area (Å²) in [6, 6.07) is 5.90. The van der Waals surface area contributed by atoms with E-state index in [1.165, 1.54) is 9.13 Å². The maximum Gasteiger partial charge on any atom is 0.0837 e. The molecule has 0 spiro atoms. The first-order valence-corrected chi connectivity index (χ1v) is 8.24. The van der Waals surface area contributed by atoms with Crippen molar-refractivity contribution >= 4 is 34.2 Å². The predicted molar refractivity (Wildman–Crippen MR) is 95.7 cm³/mol. The molecule has 1 heterocycles. The minimum atomic E-state index is -0.269. The van der Waals surface area contributed by atoms with Gasteiger partial charge in [-0.2, -0.15) is 5.10 Å². The van der Waals surface area contributed by atoms with Crippen LogP contribution in [0.5, 0.6) is 0 Å². The van der Waals surface area contributed by atoms with Crippen LogP contribution in [0.3, 0.4) is 0 Å². The lowest BCUT2D eigenvalue weighted by Crippen LogP contribution is -2.24. The average Bonchev–Trinajstić information content (AvgIpc) is 2.80. The molecule has 114 valence electrons. The van der Waals surface area contributed by atoms with E-state index in [2.05, 4.69) is 51.6 Å². The number of nitrogens with two attached hydrogens (primary N) is 1. The zero-order valence-corrected chi connectivity index (χ0v) is 15.4. The second kappa shape index (κ2) is 7.09. The standard InChI is InChI=1S/C15H20ClIN4/c1-10-5-4-6-11(13(10)17)14(18)15-12(16)9-19-21(15)8-7-20(2)3/h4-6,9,14H,7-8,18H2,1-3H3. The van der Waals surface area contributed by atoms with E-state index in [-0.39, 0.29) is 6.04 Å². The van der Waals surface area contributed by atoms with Crippen LogP contribution >= 0.6 is 34.2 Å². The number of nitrogens with zero attached hydrogens (tertiary/aromatic N) is 3. The fraction of sp³-hybridized carbons (Fsp3) is 0.400. The molecule has 0 amide bonds. The summed E-state index contributed by atoms with van der Waals surface area (Å²) >= 11 is 8.66. The highest BCUT2D eigenvalue weighted by Gasteiger charge is 2.21. The third-order valence-corrected chi connectivity index (χ3v) is 5.21. The number of aromatic nitrogens is 2. The second-order valence-corrected chi connectivity index (χ2v) is 6.85. The predicted octanol–water partition coefficient (Wildman–Crippen LogP) is 3.06. The molecule has 2 N–H and O–H groups in total. The molecule has 0 radical (unpaired) electrons. The molecule has 1 atom stereocenters. The Morgan fingerprint density at radius 2 is 2.14 bits per heavy atom. The highest BCUT2D eigenvalue weighted by molar-refractivity contribution is 14.1. The Morgan fingerprint density at radius 3 is 2.81 bits per heavy atom. The molecule has 4 nitrogen and oxygen atoms in total. The molecule has 0 bridgehead atoms. The fourth-order valence-electron chi connectivity index (χ4n) is 2.21. The summed E-state index contributed by atoms with van der Waals surface area (Å²) < 4.78 is 3.09. The number of hydrogen-bond acceptors (Lipinski definition) is 3. The van der Waals surface area contributed by atoms with Crippen molar-refractivity contribution in [1.82, 2.24) is 14.7 Å². The second-order valence-electron chi connectivity index (χ2n) is 5.36. The maximum atomic E-state index is 6.47. The zero-order valence-electron chi connectivity index (χ0n) is 12.5. The molecule has 6 heteroatoms. The molecular weight excluding hydrogens is 399 g/mol. The monoisotopic (exact) mass is 418 g/mol. The molecule has 2 rings (SSSR count). The van der Waals surface area contributed by atoms with Gasteiger partial charge in [-0.1, -0.05) is 29.8 Å². The van der Waals surface area contributed by atoms with Gasteiger partial charge in [-0.3, -0.25) is 4.68 Å². The molecule has 0 aliphatic rings. The minimum absolute atomic E-state index is 0.269. The smallest absolute Gasteiger partial charge is 0.0837 e. The number of aryl methyl sites for hydroxylation is 1. The third-order valence-electron chi connectivity index (χ3n) is 3.44. The van der Waals surface area contributed by atoms with Crippen molar-refractivity contribution in [3.63, 3.8) is 0 Å². The summed E-state index contributed by atoms with van der Waals surface area (Å²) in [5.41, 5.74) is 9.66. The van der Waals surface area contributed by atoms with Crippen LogP contribution in [0.2, 0.25) is 5.02 Å². The van der Waals surface area contributed by atoms with Gasteiger partial charge in [0.05, 0.1) is 29.5 Å². The molecule has 1 aromatic carbocycles. The van der Waals surface area contributed by atoms with Crippen LogP contribution in [0, 0.1) is 10.5 Å². The van der Waals surface area contributed by atoms with E-state index in [1.54, 1.807) is 6.20 Å². The molecule has 0 saturated heterocycles. The molecule has 0 aliphatic heterocycles. The van der Waals surface area contributed by atoms with Crippen molar-refractivity contribution < 1.29 is 0 Å². The molecule has 1 unspecified atom stereocenters. The van der Waals surface area contributed by atoms with Crippen molar-refractivity contribution in [3.05, 3.63) is 49.8 Å². The van der Waals surface area contributed by atoms with Crippen LogP contribution < -0.4 is 5.73 Å². The van der Waals surface area contributed by atoms with E-state index < -0.39 is 0 Å². The molecule has 2 aromatic rings. The summed E-state index contributed by atoms with van der Waals surface area (Å²) in [6.07, 6.45) is 1.68. The van der Waals surface area contributed by atoms with Gasteiger partial charge in [-0.05, 0) is 54.7 Å². The van der Waals surface area contributed by atoms with E-state index in [9.17, 15) is 0 Å². The lowest BCUT2D eigenvalue weighted by atomic mass is 10.0. The van der Waals surface area contributed by atoms with Crippen molar-refractivity contribution in [3.8, 4) is 0 Å². The lowest BCUT2D eigenvalue weighted by molar-refractivity contribution is 0.368. The molecule has 21 heavy (non-hydrogen) atoms.